The van der Waals surface area contributed by atoms with Gasteiger partial charge in [-0.05, 0) is 82.9 Å². The van der Waals surface area contributed by atoms with Gasteiger partial charge in [-0.1, -0.05) is 48.5 Å². The van der Waals surface area contributed by atoms with Crippen LogP contribution in [-0.4, -0.2) is 60.9 Å². The van der Waals surface area contributed by atoms with Gasteiger partial charge in [0.25, 0.3) is 5.91 Å². The monoisotopic (exact) mass is 573 g/mol. The SMILES string of the molecule is CCOc1cccc(-c2ccc(CN3CCN(c4ccc(C(=O)Nc5ccc(OC)cc5)nn4)CC3)c3ccccc23)c1. The summed E-state index contributed by atoms with van der Waals surface area (Å²) in [7, 11) is 1.61. The first-order valence-corrected chi connectivity index (χ1v) is 14.6. The van der Waals surface area contributed by atoms with Crippen molar-refractivity contribution < 1.29 is 14.3 Å². The lowest BCUT2D eigenvalue weighted by molar-refractivity contribution is 0.102. The Kier molecular flexibility index (Phi) is 8.47. The molecule has 6 rings (SSSR count). The topological polar surface area (TPSA) is 79.8 Å². The maximum atomic E-state index is 12.6. The highest BCUT2D eigenvalue weighted by atomic mass is 16.5. The zero-order chi connectivity index (χ0) is 29.6. The number of nitrogens with zero attached hydrogens (tertiary/aromatic N) is 4. The quantitative estimate of drug-likeness (QED) is 0.222. The van der Waals surface area contributed by atoms with E-state index in [0.717, 1.165) is 55.6 Å². The fourth-order valence-electron chi connectivity index (χ4n) is 5.53. The molecule has 0 spiro atoms. The molecule has 0 radical (unpaired) electrons. The Balaban J connectivity index is 1.09. The summed E-state index contributed by atoms with van der Waals surface area (Å²) in [5, 5.41) is 13.9. The van der Waals surface area contributed by atoms with Gasteiger partial charge >= 0.3 is 0 Å². The predicted molar refractivity (Wildman–Crippen MR) is 171 cm³/mol. The lowest BCUT2D eigenvalue weighted by Crippen LogP contribution is -2.46. The van der Waals surface area contributed by atoms with E-state index in [4.69, 9.17) is 9.47 Å². The van der Waals surface area contributed by atoms with Crippen LogP contribution in [0.4, 0.5) is 11.5 Å². The molecule has 1 aromatic heterocycles. The molecule has 1 saturated heterocycles. The molecule has 0 bridgehead atoms. The van der Waals surface area contributed by atoms with Crippen LogP contribution >= 0.6 is 0 Å². The van der Waals surface area contributed by atoms with E-state index < -0.39 is 0 Å². The number of carbonyl (C=O) groups excluding carboxylic acids is 1. The minimum absolute atomic E-state index is 0.276. The first-order chi connectivity index (χ1) is 21.1. The van der Waals surface area contributed by atoms with Gasteiger partial charge in [0.1, 0.15) is 11.5 Å². The van der Waals surface area contributed by atoms with Crippen molar-refractivity contribution in [1.82, 2.24) is 15.1 Å². The summed E-state index contributed by atoms with van der Waals surface area (Å²) in [5.41, 5.74) is 4.64. The van der Waals surface area contributed by atoms with Crippen LogP contribution in [0.15, 0.2) is 97.1 Å². The van der Waals surface area contributed by atoms with E-state index in [9.17, 15) is 4.79 Å². The highest BCUT2D eigenvalue weighted by Gasteiger charge is 2.20. The summed E-state index contributed by atoms with van der Waals surface area (Å²) < 4.78 is 10.9. The molecule has 0 unspecified atom stereocenters. The van der Waals surface area contributed by atoms with Crippen molar-refractivity contribution in [3.63, 3.8) is 0 Å². The molecule has 4 aromatic carbocycles. The Labute approximate surface area is 251 Å². The van der Waals surface area contributed by atoms with Crippen molar-refractivity contribution in [2.24, 2.45) is 0 Å². The standard InChI is InChI=1S/C35H35N5O3/c1-3-43-29-8-6-7-25(23-29)31-16-11-26(30-9-4-5-10-32(30)31)24-39-19-21-40(22-20-39)34-18-17-33(37-38-34)35(41)36-27-12-14-28(42-2)15-13-27/h4-18,23H,3,19-22,24H2,1-2H3,(H,36,41). The van der Waals surface area contributed by atoms with Crippen LogP contribution in [-0.2, 0) is 6.54 Å². The maximum Gasteiger partial charge on any atom is 0.276 e. The average Bonchev–Trinajstić information content (AvgIpc) is 3.06. The predicted octanol–water partition coefficient (Wildman–Crippen LogP) is 6.28. The third-order valence-corrected chi connectivity index (χ3v) is 7.79. The molecule has 0 aliphatic carbocycles. The van der Waals surface area contributed by atoms with Crippen LogP contribution in [0, 0.1) is 0 Å². The summed E-state index contributed by atoms with van der Waals surface area (Å²) in [6.07, 6.45) is 0. The number of ether oxygens (including phenoxy) is 2. The van der Waals surface area contributed by atoms with Gasteiger partial charge in [0.05, 0.1) is 13.7 Å². The van der Waals surface area contributed by atoms with E-state index in [1.54, 1.807) is 37.4 Å². The molecule has 8 nitrogen and oxygen atoms in total. The number of anilines is 2. The van der Waals surface area contributed by atoms with Crippen LogP contribution in [0.3, 0.4) is 0 Å². The average molecular weight is 574 g/mol. The Morgan fingerprint density at radius 3 is 2.33 bits per heavy atom. The van der Waals surface area contributed by atoms with Crippen molar-refractivity contribution in [1.29, 1.82) is 0 Å². The lowest BCUT2D eigenvalue weighted by Gasteiger charge is -2.35. The number of carbonyl (C=O) groups is 1. The molecule has 1 fully saturated rings. The number of amides is 1. The summed E-state index contributed by atoms with van der Waals surface area (Å²) in [4.78, 5) is 17.3. The molecule has 43 heavy (non-hydrogen) atoms. The maximum absolute atomic E-state index is 12.6. The summed E-state index contributed by atoms with van der Waals surface area (Å²) >= 11 is 0. The Bertz CT molecular complexity index is 1700. The van der Waals surface area contributed by atoms with Crippen molar-refractivity contribution in [3.8, 4) is 22.6 Å². The second-order valence-corrected chi connectivity index (χ2v) is 10.5. The fourth-order valence-corrected chi connectivity index (χ4v) is 5.53. The highest BCUT2D eigenvalue weighted by Crippen LogP contribution is 2.33. The van der Waals surface area contributed by atoms with Crippen LogP contribution in [0.2, 0.25) is 0 Å². The Morgan fingerprint density at radius 2 is 1.60 bits per heavy atom. The zero-order valence-corrected chi connectivity index (χ0v) is 24.5. The zero-order valence-electron chi connectivity index (χ0n) is 24.5. The Hall–Kier alpha value is -4.95. The van der Waals surface area contributed by atoms with Crippen molar-refractivity contribution in [2.45, 2.75) is 13.5 Å². The molecule has 1 N–H and O–H groups in total. The number of rotatable bonds is 9. The van der Waals surface area contributed by atoms with E-state index in [2.05, 4.69) is 79.9 Å². The first kappa shape index (κ1) is 28.2. The normalized spacial score (nSPS) is 13.6. The number of methoxy groups -OCH3 is 1. The van der Waals surface area contributed by atoms with Gasteiger partial charge in [-0.25, -0.2) is 0 Å². The number of hydrogen-bond donors (Lipinski definition) is 1. The second-order valence-electron chi connectivity index (χ2n) is 10.5. The number of hydrogen-bond acceptors (Lipinski definition) is 7. The van der Waals surface area contributed by atoms with Crippen LogP contribution in [0.25, 0.3) is 21.9 Å². The molecule has 5 aromatic rings. The number of piperazine rings is 1. The minimum atomic E-state index is -0.297. The highest BCUT2D eigenvalue weighted by molar-refractivity contribution is 6.02. The van der Waals surface area contributed by atoms with E-state index in [1.165, 1.54) is 21.9 Å². The number of fused-ring (bicyclic) bond motifs is 1. The molecule has 1 aliphatic rings. The van der Waals surface area contributed by atoms with Gasteiger partial charge in [-0.3, -0.25) is 9.69 Å². The summed E-state index contributed by atoms with van der Waals surface area (Å²) in [6.45, 7) is 7.03. The summed E-state index contributed by atoms with van der Waals surface area (Å²) in [6, 6.07) is 32.2. The number of nitrogens with one attached hydrogen (secondary N) is 1. The lowest BCUT2D eigenvalue weighted by atomic mass is 9.94. The fraction of sp³-hybridized carbons (Fsp3) is 0.229. The van der Waals surface area contributed by atoms with E-state index in [1.807, 2.05) is 19.1 Å². The van der Waals surface area contributed by atoms with Crippen LogP contribution in [0.5, 0.6) is 11.5 Å². The Morgan fingerprint density at radius 1 is 0.814 bits per heavy atom. The smallest absolute Gasteiger partial charge is 0.276 e. The van der Waals surface area contributed by atoms with Gasteiger partial charge < -0.3 is 19.7 Å². The van der Waals surface area contributed by atoms with Crippen molar-refractivity contribution in [3.05, 3.63) is 108 Å². The van der Waals surface area contributed by atoms with Gasteiger partial charge in [-0.2, -0.15) is 0 Å². The van der Waals surface area contributed by atoms with Gasteiger partial charge in [0.2, 0.25) is 0 Å². The van der Waals surface area contributed by atoms with Gasteiger partial charge in [0.15, 0.2) is 11.5 Å². The third kappa shape index (κ3) is 6.44. The molecular formula is C35H35N5O3. The van der Waals surface area contributed by atoms with Crippen LogP contribution in [0.1, 0.15) is 23.0 Å². The van der Waals surface area contributed by atoms with Gasteiger partial charge in [-0.15, -0.1) is 10.2 Å². The van der Waals surface area contributed by atoms with Crippen LogP contribution < -0.4 is 19.7 Å². The van der Waals surface area contributed by atoms with Crippen molar-refractivity contribution in [2.75, 3.05) is 50.1 Å². The molecule has 2 heterocycles. The third-order valence-electron chi connectivity index (χ3n) is 7.79. The molecule has 1 amide bonds. The molecule has 0 saturated carbocycles. The first-order valence-electron chi connectivity index (χ1n) is 14.6. The summed E-state index contributed by atoms with van der Waals surface area (Å²) in [5.74, 6) is 2.11. The molecule has 1 aliphatic heterocycles. The number of benzene rings is 4. The van der Waals surface area contributed by atoms with E-state index >= 15 is 0 Å². The van der Waals surface area contributed by atoms with E-state index in [-0.39, 0.29) is 11.6 Å². The second kappa shape index (κ2) is 12.9. The molecule has 218 valence electrons. The van der Waals surface area contributed by atoms with Crippen molar-refractivity contribution >= 4 is 28.2 Å². The largest absolute Gasteiger partial charge is 0.497 e. The van der Waals surface area contributed by atoms with E-state index in [0.29, 0.717) is 12.3 Å². The molecule has 8 heteroatoms. The number of aromatic nitrogens is 2. The molecule has 0 atom stereocenters. The van der Waals surface area contributed by atoms with Gasteiger partial charge in [0, 0.05) is 38.4 Å². The molecular weight excluding hydrogens is 538 g/mol. The minimum Gasteiger partial charge on any atom is -0.497 e.